The van der Waals surface area contributed by atoms with Gasteiger partial charge in [-0.3, -0.25) is 0 Å². The maximum atomic E-state index is 11.0. The van der Waals surface area contributed by atoms with Crippen molar-refractivity contribution >= 4 is 9.84 Å². The highest BCUT2D eigenvalue weighted by atomic mass is 32.2. The first-order valence-corrected chi connectivity index (χ1v) is 7.31. The van der Waals surface area contributed by atoms with Gasteiger partial charge in [-0.1, -0.05) is 5.16 Å². The van der Waals surface area contributed by atoms with Crippen LogP contribution >= 0.6 is 0 Å². The van der Waals surface area contributed by atoms with Crippen LogP contribution in [0.25, 0.3) is 0 Å². The van der Waals surface area contributed by atoms with Crippen molar-refractivity contribution in [3.63, 3.8) is 0 Å². The molecule has 1 unspecified atom stereocenters. The number of hydrogen-bond acceptors (Lipinski definition) is 7. The molecule has 0 aromatic carbocycles. The minimum atomic E-state index is -3.15. The molecule has 1 atom stereocenters. The van der Waals surface area contributed by atoms with E-state index in [0.717, 1.165) is 6.26 Å². The first-order valence-electron chi connectivity index (χ1n) is 5.25. The average molecular weight is 263 g/mol. The molecule has 1 aromatic heterocycles. The normalized spacial score (nSPS) is 13.8. The summed E-state index contributed by atoms with van der Waals surface area (Å²) in [6.07, 6.45) is 1.32. The maximum Gasteiger partial charge on any atom is 0.229 e. The molecular weight excluding hydrogens is 246 g/mol. The zero-order valence-electron chi connectivity index (χ0n) is 9.92. The Labute approximate surface area is 100 Å². The predicted molar refractivity (Wildman–Crippen MR) is 61.0 cm³/mol. The van der Waals surface area contributed by atoms with Crippen LogP contribution in [0.2, 0.25) is 0 Å². The molecule has 0 saturated carbocycles. The maximum absolute atomic E-state index is 11.0. The number of sulfone groups is 1. The van der Waals surface area contributed by atoms with Gasteiger partial charge < -0.3 is 15.0 Å². The standard InChI is InChI=1S/C9H17N3O4S/c1-3-15-7(5-10)4-9-11-8(12-16-9)6-17(2,13)14/h7H,3-6,10H2,1-2H3. The SMILES string of the molecule is CCOC(CN)Cc1nc(CS(C)(=O)=O)no1. The minimum absolute atomic E-state index is 0.162. The lowest BCUT2D eigenvalue weighted by molar-refractivity contribution is 0.0636. The smallest absolute Gasteiger partial charge is 0.229 e. The monoisotopic (exact) mass is 263 g/mol. The fourth-order valence-electron chi connectivity index (χ4n) is 1.31. The fourth-order valence-corrected chi connectivity index (χ4v) is 1.89. The molecule has 0 aliphatic carbocycles. The molecule has 17 heavy (non-hydrogen) atoms. The van der Waals surface area contributed by atoms with E-state index in [1.165, 1.54) is 0 Å². The van der Waals surface area contributed by atoms with E-state index in [2.05, 4.69) is 10.1 Å². The van der Waals surface area contributed by atoms with Crippen molar-refractivity contribution in [3.8, 4) is 0 Å². The van der Waals surface area contributed by atoms with Gasteiger partial charge in [-0.05, 0) is 6.92 Å². The van der Waals surface area contributed by atoms with E-state index in [1.807, 2.05) is 6.92 Å². The minimum Gasteiger partial charge on any atom is -0.377 e. The van der Waals surface area contributed by atoms with Crippen molar-refractivity contribution in [2.75, 3.05) is 19.4 Å². The molecule has 0 amide bonds. The second kappa shape index (κ2) is 6.08. The molecule has 98 valence electrons. The van der Waals surface area contributed by atoms with Gasteiger partial charge in [0.1, 0.15) is 5.75 Å². The van der Waals surface area contributed by atoms with Crippen LogP contribution < -0.4 is 5.73 Å². The van der Waals surface area contributed by atoms with Crippen molar-refractivity contribution < 1.29 is 17.7 Å². The van der Waals surface area contributed by atoms with Crippen LogP contribution in [-0.2, 0) is 26.7 Å². The quantitative estimate of drug-likeness (QED) is 0.707. The van der Waals surface area contributed by atoms with Crippen LogP contribution in [0.15, 0.2) is 4.52 Å². The van der Waals surface area contributed by atoms with Crippen LogP contribution in [0.5, 0.6) is 0 Å². The third-order valence-corrected chi connectivity index (χ3v) is 2.75. The number of nitrogens with zero attached hydrogens (tertiary/aromatic N) is 2. The third kappa shape index (κ3) is 5.24. The summed E-state index contributed by atoms with van der Waals surface area (Å²) in [5.74, 6) is 0.278. The molecule has 0 fully saturated rings. The lowest BCUT2D eigenvalue weighted by Gasteiger charge is -2.11. The summed E-state index contributed by atoms with van der Waals surface area (Å²) in [6.45, 7) is 2.76. The van der Waals surface area contributed by atoms with Crippen molar-refractivity contribution in [1.29, 1.82) is 0 Å². The Morgan fingerprint density at radius 1 is 1.53 bits per heavy atom. The predicted octanol–water partition coefficient (Wildman–Crippen LogP) is -0.479. The highest BCUT2D eigenvalue weighted by molar-refractivity contribution is 7.89. The number of nitrogens with two attached hydrogens (primary N) is 1. The summed E-state index contributed by atoms with van der Waals surface area (Å²) in [4.78, 5) is 3.97. The Balaban J connectivity index is 2.61. The van der Waals surface area contributed by atoms with E-state index < -0.39 is 9.84 Å². The van der Waals surface area contributed by atoms with E-state index in [9.17, 15) is 8.42 Å². The van der Waals surface area contributed by atoms with Gasteiger partial charge in [0.2, 0.25) is 5.89 Å². The zero-order valence-corrected chi connectivity index (χ0v) is 10.7. The molecule has 8 heteroatoms. The Kier molecular flexibility index (Phi) is 5.03. The molecule has 0 saturated heterocycles. The summed E-state index contributed by atoms with van der Waals surface area (Å²) >= 11 is 0. The zero-order chi connectivity index (χ0) is 12.9. The van der Waals surface area contributed by atoms with Crippen LogP contribution in [0.1, 0.15) is 18.6 Å². The van der Waals surface area contributed by atoms with Gasteiger partial charge in [0.05, 0.1) is 12.5 Å². The van der Waals surface area contributed by atoms with Gasteiger partial charge >= 0.3 is 0 Å². The Morgan fingerprint density at radius 3 is 2.76 bits per heavy atom. The van der Waals surface area contributed by atoms with Gasteiger partial charge in [0.25, 0.3) is 0 Å². The molecule has 0 bridgehead atoms. The Morgan fingerprint density at radius 2 is 2.24 bits per heavy atom. The second-order valence-electron chi connectivity index (χ2n) is 3.69. The molecule has 1 heterocycles. The van der Waals surface area contributed by atoms with Crippen LogP contribution in [0.4, 0.5) is 0 Å². The van der Waals surface area contributed by atoms with Gasteiger partial charge in [-0.15, -0.1) is 0 Å². The van der Waals surface area contributed by atoms with Crippen LogP contribution in [-0.4, -0.2) is 44.1 Å². The van der Waals surface area contributed by atoms with Crippen LogP contribution in [0, 0.1) is 0 Å². The Bertz CT molecular complexity index is 443. The van der Waals surface area contributed by atoms with Gasteiger partial charge in [0, 0.05) is 19.4 Å². The van der Waals surface area contributed by atoms with Gasteiger partial charge in [-0.2, -0.15) is 4.98 Å². The van der Waals surface area contributed by atoms with Crippen molar-refractivity contribution in [3.05, 3.63) is 11.7 Å². The number of rotatable bonds is 7. The van der Waals surface area contributed by atoms with Crippen LogP contribution in [0.3, 0.4) is 0 Å². The summed E-state index contributed by atoms with van der Waals surface area (Å²) in [7, 11) is -3.15. The molecular formula is C9H17N3O4S. The van der Waals surface area contributed by atoms with E-state index >= 15 is 0 Å². The first kappa shape index (κ1) is 14.1. The molecule has 0 spiro atoms. The summed E-state index contributed by atoms with van der Waals surface area (Å²) in [5.41, 5.74) is 5.50. The fraction of sp³-hybridized carbons (Fsp3) is 0.778. The van der Waals surface area contributed by atoms with E-state index in [4.69, 9.17) is 15.0 Å². The summed E-state index contributed by atoms with van der Waals surface area (Å²) in [5, 5.41) is 3.59. The number of aromatic nitrogens is 2. The Hall–Kier alpha value is -0.990. The third-order valence-electron chi connectivity index (χ3n) is 1.97. The van der Waals surface area contributed by atoms with Gasteiger partial charge in [0.15, 0.2) is 15.7 Å². The molecule has 1 rings (SSSR count). The van der Waals surface area contributed by atoms with E-state index in [-0.39, 0.29) is 17.7 Å². The first-order chi connectivity index (χ1) is 7.94. The topological polar surface area (TPSA) is 108 Å². The van der Waals surface area contributed by atoms with Gasteiger partial charge in [-0.25, -0.2) is 8.42 Å². The molecule has 2 N–H and O–H groups in total. The van der Waals surface area contributed by atoms with Crippen molar-refractivity contribution in [2.24, 2.45) is 5.73 Å². The molecule has 0 aliphatic rings. The molecule has 0 aliphatic heterocycles. The number of ether oxygens (including phenoxy) is 1. The highest BCUT2D eigenvalue weighted by Crippen LogP contribution is 2.06. The average Bonchev–Trinajstić information content (AvgIpc) is 2.62. The highest BCUT2D eigenvalue weighted by Gasteiger charge is 2.15. The molecule has 1 aromatic rings. The second-order valence-corrected chi connectivity index (χ2v) is 5.83. The van der Waals surface area contributed by atoms with E-state index in [0.29, 0.717) is 25.5 Å². The largest absolute Gasteiger partial charge is 0.377 e. The van der Waals surface area contributed by atoms with E-state index in [1.54, 1.807) is 0 Å². The number of hydrogen-bond donors (Lipinski definition) is 1. The lowest BCUT2D eigenvalue weighted by atomic mass is 10.2. The van der Waals surface area contributed by atoms with Crippen molar-refractivity contribution in [2.45, 2.75) is 25.2 Å². The van der Waals surface area contributed by atoms with Crippen molar-refractivity contribution in [1.82, 2.24) is 10.1 Å². The summed E-state index contributed by atoms with van der Waals surface area (Å²) in [6, 6.07) is 0. The molecule has 0 radical (unpaired) electrons. The molecule has 7 nitrogen and oxygen atoms in total. The summed E-state index contributed by atoms with van der Waals surface area (Å²) < 4.78 is 32.3. The lowest BCUT2D eigenvalue weighted by Crippen LogP contribution is -2.26.